The fraction of sp³-hybridized carbons (Fsp3) is 1.00. The summed E-state index contributed by atoms with van der Waals surface area (Å²) in [5.41, 5.74) is 0. The van der Waals surface area contributed by atoms with Gasteiger partial charge in [0.15, 0.2) is 0 Å². The van der Waals surface area contributed by atoms with Crippen LogP contribution in [0.4, 0.5) is 0 Å². The molecule has 0 aliphatic carbocycles. The molecular formula is C2H10P2Rh. The Balaban J connectivity index is 0. The fourth-order valence-corrected chi connectivity index (χ4v) is 0. The molecule has 0 aromatic heterocycles. The maximum absolute atomic E-state index is 2.63. The molecule has 37 valence electrons. The summed E-state index contributed by atoms with van der Waals surface area (Å²) in [6.45, 7) is 0. The van der Waals surface area contributed by atoms with Crippen molar-refractivity contribution in [1.29, 1.82) is 0 Å². The first kappa shape index (κ1) is 9.70. The molecule has 0 saturated heterocycles. The molecule has 0 rings (SSSR count). The first-order chi connectivity index (χ1) is 1.91. The Kier molecular flexibility index (Phi) is 17.6. The van der Waals surface area contributed by atoms with Crippen LogP contribution in [-0.4, -0.2) is 12.3 Å². The van der Waals surface area contributed by atoms with Crippen molar-refractivity contribution in [2.75, 3.05) is 12.3 Å². The van der Waals surface area contributed by atoms with Gasteiger partial charge < -0.3 is 0 Å². The number of hydrogen-bond donors (Lipinski definition) is 0. The van der Waals surface area contributed by atoms with Gasteiger partial charge in [-0.1, -0.05) is 0 Å². The SMILES string of the molecule is PCCP.[RhH2]. The van der Waals surface area contributed by atoms with Gasteiger partial charge in [0, 0.05) is 0 Å². The van der Waals surface area contributed by atoms with E-state index in [1.54, 1.807) is 0 Å². The molecule has 1 radical (unpaired) electrons. The Bertz CT molecular complexity index is 9.61. The topological polar surface area (TPSA) is 0 Å². The minimum absolute atomic E-state index is 0. The normalized spacial score (nSPS) is 6.00. The second-order valence-corrected chi connectivity index (χ2v) is 1.73. The van der Waals surface area contributed by atoms with Crippen LogP contribution in [0.25, 0.3) is 0 Å². The van der Waals surface area contributed by atoms with E-state index in [0.717, 1.165) is 0 Å². The van der Waals surface area contributed by atoms with Crippen LogP contribution in [0, 0.1) is 0 Å². The van der Waals surface area contributed by atoms with Crippen molar-refractivity contribution in [3.8, 4) is 0 Å². The average Bonchev–Trinajstić information content (AvgIpc) is 1.37. The summed E-state index contributed by atoms with van der Waals surface area (Å²) in [5.74, 6) is 0. The zero-order valence-electron chi connectivity index (χ0n) is 2.95. The minimum atomic E-state index is 0. The van der Waals surface area contributed by atoms with E-state index >= 15 is 0 Å². The molecule has 0 aliphatic rings. The molecule has 0 aromatic rings. The van der Waals surface area contributed by atoms with Crippen LogP contribution in [-0.2, 0) is 19.5 Å². The summed E-state index contributed by atoms with van der Waals surface area (Å²) >= 11 is 0. The predicted octanol–water partition coefficient (Wildman–Crippen LogP) is 0.199. The summed E-state index contributed by atoms with van der Waals surface area (Å²) in [7, 11) is 5.27. The molecule has 0 aromatic carbocycles. The van der Waals surface area contributed by atoms with E-state index in [0.29, 0.717) is 0 Å². The molecule has 0 amide bonds. The van der Waals surface area contributed by atoms with Crippen molar-refractivity contribution < 1.29 is 19.5 Å². The Labute approximate surface area is 50.6 Å². The molecule has 0 N–H and O–H groups in total. The third-order valence-electron chi connectivity index (χ3n) is 0.167. The monoisotopic (exact) mass is 199 g/mol. The first-order valence-corrected chi connectivity index (χ1v) is 2.95. The summed E-state index contributed by atoms with van der Waals surface area (Å²) in [6, 6.07) is 0. The van der Waals surface area contributed by atoms with Crippen molar-refractivity contribution in [2.45, 2.75) is 0 Å². The van der Waals surface area contributed by atoms with Gasteiger partial charge in [-0.25, -0.2) is 0 Å². The molecule has 2 unspecified atom stereocenters. The molecule has 2 atom stereocenters. The van der Waals surface area contributed by atoms with E-state index in [1.165, 1.54) is 12.3 Å². The van der Waals surface area contributed by atoms with Crippen molar-refractivity contribution in [3.63, 3.8) is 0 Å². The third kappa shape index (κ3) is 10.8. The van der Waals surface area contributed by atoms with Crippen LogP contribution < -0.4 is 0 Å². The van der Waals surface area contributed by atoms with E-state index in [4.69, 9.17) is 0 Å². The van der Waals surface area contributed by atoms with Crippen molar-refractivity contribution in [3.05, 3.63) is 0 Å². The van der Waals surface area contributed by atoms with E-state index < -0.39 is 0 Å². The molecule has 5 heavy (non-hydrogen) atoms. The maximum atomic E-state index is 2.63. The molecule has 0 bridgehead atoms. The number of hydrogen-bond acceptors (Lipinski definition) is 0. The summed E-state index contributed by atoms with van der Waals surface area (Å²) in [4.78, 5) is 0. The Morgan fingerprint density at radius 2 is 1.20 bits per heavy atom. The van der Waals surface area contributed by atoms with Crippen molar-refractivity contribution >= 4 is 18.5 Å². The van der Waals surface area contributed by atoms with Gasteiger partial charge in [0.1, 0.15) is 0 Å². The van der Waals surface area contributed by atoms with E-state index in [1.807, 2.05) is 0 Å². The van der Waals surface area contributed by atoms with Crippen LogP contribution in [0.3, 0.4) is 0 Å². The Morgan fingerprint density at radius 3 is 1.20 bits per heavy atom. The Morgan fingerprint density at radius 1 is 1.00 bits per heavy atom. The fourth-order valence-electron chi connectivity index (χ4n) is 0. The van der Waals surface area contributed by atoms with Crippen LogP contribution in [0.1, 0.15) is 0 Å². The molecular weight excluding hydrogens is 189 g/mol. The summed E-state index contributed by atoms with van der Waals surface area (Å²) in [5, 5.41) is 0. The van der Waals surface area contributed by atoms with E-state index in [9.17, 15) is 0 Å². The molecule has 3 heteroatoms. The van der Waals surface area contributed by atoms with Gasteiger partial charge >= 0.3 is 19.5 Å². The zero-order valence-corrected chi connectivity index (χ0v) is 7.11. The standard InChI is InChI=1S/C2H8P2.Rh.2H/c3-1-2-4;;;/h1-4H2;;;. The van der Waals surface area contributed by atoms with E-state index in [-0.39, 0.29) is 19.5 Å². The molecule has 0 aliphatic heterocycles. The van der Waals surface area contributed by atoms with Crippen LogP contribution in [0.2, 0.25) is 0 Å². The molecule has 0 heterocycles. The zero-order chi connectivity index (χ0) is 3.41. The molecule has 0 nitrogen and oxygen atoms in total. The first-order valence-electron chi connectivity index (χ1n) is 1.32. The second-order valence-electron chi connectivity index (χ2n) is 0.577. The van der Waals surface area contributed by atoms with E-state index in [2.05, 4.69) is 18.5 Å². The van der Waals surface area contributed by atoms with Crippen LogP contribution in [0.15, 0.2) is 0 Å². The second kappa shape index (κ2) is 9.08. The van der Waals surface area contributed by atoms with Crippen molar-refractivity contribution in [1.82, 2.24) is 0 Å². The third-order valence-corrected chi connectivity index (χ3v) is 1.50. The molecule has 0 spiro atoms. The molecule has 0 fully saturated rings. The van der Waals surface area contributed by atoms with Crippen LogP contribution in [0.5, 0.6) is 0 Å². The van der Waals surface area contributed by atoms with Gasteiger partial charge in [0.2, 0.25) is 0 Å². The molecule has 0 saturated carbocycles. The summed E-state index contributed by atoms with van der Waals surface area (Å²) in [6.07, 6.45) is 2.40. The van der Waals surface area contributed by atoms with Gasteiger partial charge in [-0.2, -0.15) is 0 Å². The number of rotatable bonds is 1. The average molecular weight is 199 g/mol. The van der Waals surface area contributed by atoms with Crippen molar-refractivity contribution in [2.24, 2.45) is 0 Å². The summed E-state index contributed by atoms with van der Waals surface area (Å²) < 4.78 is 0. The van der Waals surface area contributed by atoms with Gasteiger partial charge in [0.25, 0.3) is 0 Å². The predicted molar refractivity (Wildman–Crippen MR) is 31.9 cm³/mol. The van der Waals surface area contributed by atoms with Gasteiger partial charge in [-0.15, -0.1) is 18.5 Å². The van der Waals surface area contributed by atoms with Gasteiger partial charge in [0.05, 0.1) is 0 Å². The Hall–Kier alpha value is 1.48. The quantitative estimate of drug-likeness (QED) is 0.418. The van der Waals surface area contributed by atoms with Gasteiger partial charge in [-0.3, -0.25) is 0 Å². The van der Waals surface area contributed by atoms with Gasteiger partial charge in [-0.05, 0) is 12.3 Å². The van der Waals surface area contributed by atoms with Crippen LogP contribution >= 0.6 is 18.5 Å².